The summed E-state index contributed by atoms with van der Waals surface area (Å²) >= 11 is 0. The van der Waals surface area contributed by atoms with Crippen LogP contribution in [0.2, 0.25) is 0 Å². The average molecular weight is 160 g/mol. The molecule has 12 heavy (non-hydrogen) atoms. The Morgan fingerprint density at radius 1 is 1.50 bits per heavy atom. The molecule has 0 unspecified atom stereocenters. The van der Waals surface area contributed by atoms with Crippen LogP contribution in [0.15, 0.2) is 24.8 Å². The van der Waals surface area contributed by atoms with Gasteiger partial charge in [0.05, 0.1) is 24.7 Å². The number of aromatic nitrogens is 3. The molecule has 0 spiro atoms. The minimum atomic E-state index is 1.11. The summed E-state index contributed by atoms with van der Waals surface area (Å²) < 4.78 is 4.51. The molecule has 0 aromatic carbocycles. The molecular formula is C9H10N3+. The second-order valence-corrected chi connectivity index (χ2v) is 3.23. The van der Waals surface area contributed by atoms with Gasteiger partial charge in [-0.1, -0.05) is 0 Å². The van der Waals surface area contributed by atoms with Crippen LogP contribution < -0.4 is 4.57 Å². The van der Waals surface area contributed by atoms with E-state index in [0.717, 1.165) is 13.1 Å². The van der Waals surface area contributed by atoms with Gasteiger partial charge in [-0.2, -0.15) is 0 Å². The summed E-state index contributed by atoms with van der Waals surface area (Å²) in [6.45, 7) is 2.25. The van der Waals surface area contributed by atoms with Gasteiger partial charge in [0.1, 0.15) is 6.20 Å². The highest BCUT2D eigenvalue weighted by Gasteiger charge is 2.16. The quantitative estimate of drug-likeness (QED) is 0.521. The molecule has 2 aromatic rings. The van der Waals surface area contributed by atoms with Crippen molar-refractivity contribution in [3.8, 4) is 0 Å². The lowest BCUT2D eigenvalue weighted by Crippen LogP contribution is -2.40. The van der Waals surface area contributed by atoms with Crippen LogP contribution in [-0.4, -0.2) is 9.55 Å². The summed E-state index contributed by atoms with van der Waals surface area (Å²) in [6, 6.07) is 2.13. The fourth-order valence-electron chi connectivity index (χ4n) is 1.92. The van der Waals surface area contributed by atoms with E-state index in [2.05, 4.69) is 26.4 Å². The molecule has 0 saturated carbocycles. The average Bonchev–Trinajstić information content (AvgIpc) is 2.52. The summed E-state index contributed by atoms with van der Waals surface area (Å²) in [4.78, 5) is 4.18. The molecule has 0 fully saturated rings. The van der Waals surface area contributed by atoms with Crippen LogP contribution in [-0.2, 0) is 13.1 Å². The minimum Gasteiger partial charge on any atom is -0.266 e. The Kier molecular flexibility index (Phi) is 1.06. The van der Waals surface area contributed by atoms with Crippen molar-refractivity contribution < 1.29 is 4.57 Å². The van der Waals surface area contributed by atoms with Crippen molar-refractivity contribution in [2.45, 2.75) is 19.5 Å². The van der Waals surface area contributed by atoms with E-state index in [4.69, 9.17) is 0 Å². The smallest absolute Gasteiger partial charge is 0.238 e. The molecule has 3 nitrogen and oxygen atoms in total. The summed E-state index contributed by atoms with van der Waals surface area (Å²) in [6.07, 6.45) is 7.20. The van der Waals surface area contributed by atoms with Gasteiger partial charge in [0.25, 0.3) is 0 Å². The van der Waals surface area contributed by atoms with Gasteiger partial charge < -0.3 is 0 Å². The van der Waals surface area contributed by atoms with E-state index in [1.54, 1.807) is 0 Å². The first-order chi connectivity index (χ1) is 5.95. The Morgan fingerprint density at radius 2 is 2.50 bits per heavy atom. The summed E-state index contributed by atoms with van der Waals surface area (Å²) in [5.41, 5.74) is 1.32. The lowest BCUT2D eigenvalue weighted by Gasteiger charge is -2.10. The van der Waals surface area contributed by atoms with Gasteiger partial charge in [0.2, 0.25) is 12.0 Å². The number of hydrogen-bond acceptors (Lipinski definition) is 1. The van der Waals surface area contributed by atoms with E-state index >= 15 is 0 Å². The van der Waals surface area contributed by atoms with Gasteiger partial charge in [-0.15, -0.1) is 4.98 Å². The highest BCUT2D eigenvalue weighted by Crippen LogP contribution is 2.13. The Balaban J connectivity index is 2.50. The van der Waals surface area contributed by atoms with Crippen molar-refractivity contribution in [3.05, 3.63) is 24.8 Å². The third-order valence-electron chi connectivity index (χ3n) is 2.45. The molecule has 1 aliphatic heterocycles. The normalized spacial score (nSPS) is 15.3. The molecule has 1 aliphatic rings. The van der Waals surface area contributed by atoms with Crippen LogP contribution in [0.3, 0.4) is 0 Å². The van der Waals surface area contributed by atoms with E-state index in [1.807, 2.05) is 12.5 Å². The second kappa shape index (κ2) is 2.06. The van der Waals surface area contributed by atoms with Crippen molar-refractivity contribution in [1.29, 1.82) is 0 Å². The predicted octanol–water partition coefficient (Wildman–Crippen LogP) is 0.727. The molecule has 0 radical (unpaired) electrons. The molecule has 0 amide bonds. The zero-order valence-electron chi connectivity index (χ0n) is 6.77. The molecule has 0 bridgehead atoms. The molecule has 0 N–H and O–H groups in total. The number of nitrogens with zero attached hydrogens (tertiary/aromatic N) is 3. The lowest BCUT2D eigenvalue weighted by molar-refractivity contribution is -0.681. The van der Waals surface area contributed by atoms with Gasteiger partial charge in [-0.25, -0.2) is 4.57 Å². The van der Waals surface area contributed by atoms with Gasteiger partial charge in [0.15, 0.2) is 0 Å². The monoisotopic (exact) mass is 160 g/mol. The van der Waals surface area contributed by atoms with E-state index in [-0.39, 0.29) is 0 Å². The summed E-state index contributed by atoms with van der Waals surface area (Å²) in [7, 11) is 0. The van der Waals surface area contributed by atoms with Gasteiger partial charge in [-0.3, -0.25) is 4.57 Å². The molecule has 3 heteroatoms. The van der Waals surface area contributed by atoms with Crippen molar-refractivity contribution in [1.82, 2.24) is 9.55 Å². The van der Waals surface area contributed by atoms with E-state index in [1.165, 1.54) is 17.5 Å². The molecule has 2 aromatic heterocycles. The standard InChI is InChI=1S/C9H10N3/c1-3-11-5-2-8-6-10-7-12(4-1)9(8)11/h2,5-7H,1,3-4H2/q+1. The highest BCUT2D eigenvalue weighted by atomic mass is 15.2. The van der Waals surface area contributed by atoms with Gasteiger partial charge in [-0.05, 0) is 6.07 Å². The van der Waals surface area contributed by atoms with Crippen molar-refractivity contribution in [2.24, 2.45) is 0 Å². The maximum absolute atomic E-state index is 4.18. The molecule has 0 saturated heterocycles. The van der Waals surface area contributed by atoms with Gasteiger partial charge >= 0.3 is 0 Å². The van der Waals surface area contributed by atoms with Crippen LogP contribution in [0.25, 0.3) is 11.0 Å². The Morgan fingerprint density at radius 3 is 3.50 bits per heavy atom. The third kappa shape index (κ3) is 0.656. The number of aryl methyl sites for hydroxylation is 2. The van der Waals surface area contributed by atoms with Crippen LogP contribution in [0.1, 0.15) is 6.42 Å². The molecule has 3 heterocycles. The fraction of sp³-hybridized carbons (Fsp3) is 0.333. The third-order valence-corrected chi connectivity index (χ3v) is 2.45. The molecule has 3 rings (SSSR count). The SMILES string of the molecule is c1cn2c3c1cnc[n+]3CCC2. The molecular weight excluding hydrogens is 150 g/mol. The van der Waals surface area contributed by atoms with E-state index in [0.29, 0.717) is 0 Å². The van der Waals surface area contributed by atoms with Crippen molar-refractivity contribution in [3.63, 3.8) is 0 Å². The van der Waals surface area contributed by atoms with Crippen LogP contribution in [0.5, 0.6) is 0 Å². The zero-order valence-corrected chi connectivity index (χ0v) is 6.77. The van der Waals surface area contributed by atoms with E-state index in [9.17, 15) is 0 Å². The Bertz CT molecular complexity index is 430. The van der Waals surface area contributed by atoms with Crippen LogP contribution in [0.4, 0.5) is 0 Å². The van der Waals surface area contributed by atoms with Crippen molar-refractivity contribution in [2.75, 3.05) is 0 Å². The summed E-state index contributed by atoms with van der Waals surface area (Å²) in [5.74, 6) is 0. The second-order valence-electron chi connectivity index (χ2n) is 3.23. The first-order valence-corrected chi connectivity index (χ1v) is 4.27. The van der Waals surface area contributed by atoms with Gasteiger partial charge in [0, 0.05) is 6.42 Å². The molecule has 0 atom stereocenters. The van der Waals surface area contributed by atoms with Crippen LogP contribution in [0, 0.1) is 0 Å². The first-order valence-electron chi connectivity index (χ1n) is 4.27. The predicted molar refractivity (Wildman–Crippen MR) is 44.5 cm³/mol. The molecule has 60 valence electrons. The topological polar surface area (TPSA) is 21.7 Å². The first kappa shape index (κ1) is 6.17. The molecule has 0 aliphatic carbocycles. The Labute approximate surface area is 70.3 Å². The maximum atomic E-state index is 4.18. The maximum Gasteiger partial charge on any atom is 0.238 e. The fourth-order valence-corrected chi connectivity index (χ4v) is 1.92. The van der Waals surface area contributed by atoms with Crippen molar-refractivity contribution >= 4 is 11.0 Å². The minimum absolute atomic E-state index is 1.11. The Hall–Kier alpha value is -1.38. The lowest BCUT2D eigenvalue weighted by atomic mass is 10.3. The van der Waals surface area contributed by atoms with Crippen LogP contribution >= 0.6 is 0 Å². The summed E-state index contributed by atoms with van der Waals surface area (Å²) in [5, 5.41) is 1.25. The zero-order chi connectivity index (χ0) is 7.97. The highest BCUT2D eigenvalue weighted by molar-refractivity contribution is 5.71. The number of hydrogen-bond donors (Lipinski definition) is 0. The van der Waals surface area contributed by atoms with E-state index < -0.39 is 0 Å². The number of rotatable bonds is 0. The largest absolute Gasteiger partial charge is 0.266 e.